The van der Waals surface area contributed by atoms with Crippen molar-refractivity contribution in [3.05, 3.63) is 103 Å². The van der Waals surface area contributed by atoms with E-state index in [9.17, 15) is 14.7 Å². The molecule has 2 atom stereocenters. The number of rotatable bonds is 27. The number of pyridine rings is 1. The summed E-state index contributed by atoms with van der Waals surface area (Å²) in [6, 6.07) is 3.01. The Bertz CT molecular complexity index is 1170. The molecule has 0 radical (unpaired) electrons. The molecule has 0 fully saturated rings. The van der Waals surface area contributed by atoms with Crippen molar-refractivity contribution in [1.29, 1.82) is 0 Å². The summed E-state index contributed by atoms with van der Waals surface area (Å²) in [7, 11) is 3.21. The molecule has 0 aromatic carbocycles. The van der Waals surface area contributed by atoms with Crippen molar-refractivity contribution in [3.63, 3.8) is 0 Å². The van der Waals surface area contributed by atoms with Crippen LogP contribution >= 0.6 is 21.6 Å². The first-order chi connectivity index (χ1) is 23.3. The van der Waals surface area contributed by atoms with Gasteiger partial charge in [0.2, 0.25) is 5.91 Å². The zero-order chi connectivity index (χ0) is 35.1. The minimum Gasteiger partial charge on any atom is -0.394 e. The first kappa shape index (κ1) is 43.1. The van der Waals surface area contributed by atoms with Crippen LogP contribution in [0.2, 0.25) is 0 Å². The Morgan fingerprint density at radius 3 is 2.04 bits per heavy atom. The lowest BCUT2D eigenvalue weighted by Crippen LogP contribution is -2.50. The summed E-state index contributed by atoms with van der Waals surface area (Å²) >= 11 is 0. The van der Waals surface area contributed by atoms with Crippen LogP contribution in [-0.2, 0) is 9.53 Å². The zero-order valence-electron chi connectivity index (χ0n) is 29.0. The van der Waals surface area contributed by atoms with Crippen molar-refractivity contribution in [3.8, 4) is 0 Å². The van der Waals surface area contributed by atoms with Gasteiger partial charge in [0.25, 0.3) is 5.91 Å². The highest BCUT2D eigenvalue weighted by atomic mass is 33.1. The van der Waals surface area contributed by atoms with Crippen LogP contribution in [0.25, 0.3) is 0 Å². The molecule has 1 heterocycles. The maximum absolute atomic E-state index is 12.8. The molecule has 0 saturated carbocycles. The minimum absolute atomic E-state index is 0.0249. The summed E-state index contributed by atoms with van der Waals surface area (Å²) in [6.45, 7) is 6.44. The Labute approximate surface area is 296 Å². The lowest BCUT2D eigenvalue weighted by Gasteiger charge is -2.34. The maximum Gasteiger partial charge on any atom is 0.253 e. The van der Waals surface area contributed by atoms with Gasteiger partial charge >= 0.3 is 0 Å². The lowest BCUT2D eigenvalue weighted by molar-refractivity contribution is -0.120. The second-order valence-electron chi connectivity index (χ2n) is 11.5. The molecule has 2 amide bonds. The van der Waals surface area contributed by atoms with E-state index in [1.54, 1.807) is 39.9 Å². The Morgan fingerprint density at radius 1 is 0.917 bits per heavy atom. The SMILES string of the molecule is CC/C=C\C/C=C\C/C=C\C/C=C\C/C=C\C/C=C\CCC(=O)NCCSSC(C)(C)C(COCC(O)CO)NC(=O)c1cccnc1. The van der Waals surface area contributed by atoms with Crippen molar-refractivity contribution in [2.24, 2.45) is 0 Å². The van der Waals surface area contributed by atoms with Crippen molar-refractivity contribution in [2.45, 2.75) is 89.0 Å². The Hall–Kier alpha value is -2.89. The first-order valence-electron chi connectivity index (χ1n) is 16.8. The van der Waals surface area contributed by atoms with Crippen LogP contribution in [0.4, 0.5) is 0 Å². The molecule has 1 rings (SSSR count). The number of nitrogens with one attached hydrogen (secondary N) is 2. The molecule has 0 aliphatic rings. The molecule has 2 unspecified atom stereocenters. The normalized spacial score (nSPS) is 13.9. The highest BCUT2D eigenvalue weighted by Gasteiger charge is 2.32. The minimum atomic E-state index is -0.979. The predicted molar refractivity (Wildman–Crippen MR) is 204 cm³/mol. The standard InChI is InChI=1S/C38H57N3O5S2/c1-4-5-6-7-8-9-10-11-12-13-14-15-16-17-18-19-20-21-22-25-36(44)40-27-28-47-48-38(2,3)35(32-46-31-34(43)30-42)41-37(45)33-24-23-26-39-29-33/h5-6,8-9,11-12,14-15,17-18,20-21,23-24,26,29,34-35,42-43H,4,7,10,13,16,19,22,25,27-28,30-32H2,1-3H3,(H,40,44)(H,41,45)/b6-5-,9-8-,12-11-,15-14-,18-17-,21-20-. The number of amides is 2. The van der Waals surface area contributed by atoms with E-state index in [0.717, 1.165) is 38.5 Å². The fourth-order valence-electron chi connectivity index (χ4n) is 3.96. The van der Waals surface area contributed by atoms with Crippen LogP contribution in [-0.4, -0.2) is 76.0 Å². The number of carbonyl (C=O) groups is 2. The van der Waals surface area contributed by atoms with Crippen molar-refractivity contribution in [1.82, 2.24) is 15.6 Å². The lowest BCUT2D eigenvalue weighted by atomic mass is 10.0. The van der Waals surface area contributed by atoms with Gasteiger partial charge in [0.1, 0.15) is 6.10 Å². The number of hydrogen-bond donors (Lipinski definition) is 4. The molecular weight excluding hydrogens is 643 g/mol. The topological polar surface area (TPSA) is 121 Å². The van der Waals surface area contributed by atoms with Gasteiger partial charge in [-0.3, -0.25) is 14.6 Å². The molecule has 10 heteroatoms. The van der Waals surface area contributed by atoms with E-state index < -0.39 is 17.5 Å². The van der Waals surface area contributed by atoms with Gasteiger partial charge in [-0.25, -0.2) is 0 Å². The second kappa shape index (κ2) is 29.1. The molecule has 1 aromatic heterocycles. The zero-order valence-corrected chi connectivity index (χ0v) is 30.6. The molecule has 0 spiro atoms. The monoisotopic (exact) mass is 699 g/mol. The first-order valence-corrected chi connectivity index (χ1v) is 19.2. The van der Waals surface area contributed by atoms with Gasteiger partial charge < -0.3 is 25.6 Å². The average Bonchev–Trinajstić information content (AvgIpc) is 3.08. The van der Waals surface area contributed by atoms with Gasteiger partial charge in [-0.15, -0.1) is 0 Å². The largest absolute Gasteiger partial charge is 0.394 e. The van der Waals surface area contributed by atoms with Crippen LogP contribution < -0.4 is 10.6 Å². The molecular formula is C38H57N3O5S2. The van der Waals surface area contributed by atoms with Gasteiger partial charge in [-0.1, -0.05) is 101 Å². The quantitative estimate of drug-likeness (QED) is 0.0429. The number of carbonyl (C=O) groups excluding carboxylic acids is 2. The van der Waals surface area contributed by atoms with E-state index in [1.807, 2.05) is 19.9 Å². The maximum atomic E-state index is 12.8. The third-order valence-corrected chi connectivity index (χ3v) is 10.1. The third kappa shape index (κ3) is 23.4. The molecule has 48 heavy (non-hydrogen) atoms. The molecule has 0 saturated heterocycles. The highest BCUT2D eigenvalue weighted by Crippen LogP contribution is 2.38. The third-order valence-electron chi connectivity index (χ3n) is 6.79. The number of nitrogens with zero attached hydrogens (tertiary/aromatic N) is 1. The summed E-state index contributed by atoms with van der Waals surface area (Å²) < 4.78 is 5.17. The Morgan fingerprint density at radius 2 is 1.50 bits per heavy atom. The summed E-state index contributed by atoms with van der Waals surface area (Å²) in [5, 5.41) is 24.7. The molecule has 8 nitrogen and oxygen atoms in total. The smallest absolute Gasteiger partial charge is 0.253 e. The fraction of sp³-hybridized carbons (Fsp3) is 0.500. The Kier molecular flexibility index (Phi) is 26.1. The van der Waals surface area contributed by atoms with E-state index >= 15 is 0 Å². The van der Waals surface area contributed by atoms with Gasteiger partial charge in [0, 0.05) is 35.9 Å². The predicted octanol–water partition coefficient (Wildman–Crippen LogP) is 7.30. The van der Waals surface area contributed by atoms with Crippen LogP contribution in [0.3, 0.4) is 0 Å². The molecule has 0 aliphatic heterocycles. The van der Waals surface area contributed by atoms with E-state index in [2.05, 4.69) is 89.4 Å². The summed E-state index contributed by atoms with van der Waals surface area (Å²) in [5.74, 6) is 0.460. The van der Waals surface area contributed by atoms with Crippen LogP contribution in [0.5, 0.6) is 0 Å². The van der Waals surface area contributed by atoms with Gasteiger partial charge in [0.05, 0.1) is 31.4 Å². The number of aliphatic hydroxyl groups is 2. The highest BCUT2D eigenvalue weighted by molar-refractivity contribution is 8.77. The molecule has 1 aromatic rings. The van der Waals surface area contributed by atoms with Crippen LogP contribution in [0.1, 0.15) is 82.5 Å². The van der Waals surface area contributed by atoms with Gasteiger partial charge in [0.15, 0.2) is 0 Å². The van der Waals surface area contributed by atoms with Crippen LogP contribution in [0.15, 0.2) is 97.4 Å². The number of hydrogen-bond acceptors (Lipinski definition) is 8. The number of allylic oxidation sites excluding steroid dienone is 12. The van der Waals surface area contributed by atoms with Crippen LogP contribution in [0, 0.1) is 0 Å². The summed E-state index contributed by atoms with van der Waals surface area (Å²) in [4.78, 5) is 29.1. The Balaban J connectivity index is 2.23. The average molecular weight is 700 g/mol. The molecule has 0 aliphatic carbocycles. The van der Waals surface area contributed by atoms with Crippen molar-refractivity contribution in [2.75, 3.05) is 32.1 Å². The van der Waals surface area contributed by atoms with Gasteiger partial charge in [-0.2, -0.15) is 0 Å². The van der Waals surface area contributed by atoms with Crippen molar-refractivity contribution < 1.29 is 24.5 Å². The van der Waals surface area contributed by atoms with Gasteiger partial charge in [-0.05, 0) is 70.9 Å². The molecule has 266 valence electrons. The van der Waals surface area contributed by atoms with Crippen molar-refractivity contribution >= 4 is 33.4 Å². The second-order valence-corrected chi connectivity index (χ2v) is 14.5. The number of aliphatic hydroxyl groups excluding tert-OH is 2. The van der Waals surface area contributed by atoms with E-state index in [-0.39, 0.29) is 31.1 Å². The summed E-state index contributed by atoms with van der Waals surface area (Å²) in [6.07, 6.45) is 35.1. The molecule has 4 N–H and O–H groups in total. The fourth-order valence-corrected chi connectivity index (χ4v) is 6.53. The van der Waals surface area contributed by atoms with E-state index in [4.69, 9.17) is 9.84 Å². The summed E-state index contributed by atoms with van der Waals surface area (Å²) in [5.41, 5.74) is 0.443. The number of aromatic nitrogens is 1. The number of ether oxygens (including phenoxy) is 1. The van der Waals surface area contributed by atoms with E-state index in [1.165, 1.54) is 6.20 Å². The van der Waals surface area contributed by atoms with E-state index in [0.29, 0.717) is 30.7 Å². The molecule has 0 bridgehead atoms.